The van der Waals surface area contributed by atoms with E-state index in [1.165, 1.54) is 5.56 Å². The summed E-state index contributed by atoms with van der Waals surface area (Å²) in [7, 11) is 0. The fourth-order valence-corrected chi connectivity index (χ4v) is 2.35. The Bertz CT molecular complexity index is 342. The summed E-state index contributed by atoms with van der Waals surface area (Å²) in [6.07, 6.45) is 5.02. The highest BCUT2D eigenvalue weighted by Gasteiger charge is 2.17. The Labute approximate surface area is 103 Å². The van der Waals surface area contributed by atoms with Crippen molar-refractivity contribution in [3.63, 3.8) is 0 Å². The molecule has 1 aromatic carbocycles. The van der Waals surface area contributed by atoms with Gasteiger partial charge in [0.05, 0.1) is 0 Å². The molecule has 1 aliphatic heterocycles. The second-order valence-electron chi connectivity index (χ2n) is 4.68. The van der Waals surface area contributed by atoms with Gasteiger partial charge in [0.2, 0.25) is 0 Å². The normalized spacial score (nSPS) is 18.8. The van der Waals surface area contributed by atoms with E-state index in [9.17, 15) is 0 Å². The van der Waals surface area contributed by atoms with Crippen LogP contribution in [0.2, 0.25) is 0 Å². The lowest BCUT2D eigenvalue weighted by molar-refractivity contribution is 0.211. The van der Waals surface area contributed by atoms with Crippen LogP contribution in [0, 0.1) is 5.92 Å². The van der Waals surface area contributed by atoms with Crippen LogP contribution in [0.5, 0.6) is 0 Å². The van der Waals surface area contributed by atoms with Gasteiger partial charge in [-0.15, -0.1) is 5.16 Å². The lowest BCUT2D eigenvalue weighted by Gasteiger charge is -2.29. The van der Waals surface area contributed by atoms with Crippen molar-refractivity contribution in [2.24, 2.45) is 11.1 Å². The Balaban J connectivity index is 1.72. The van der Waals surface area contributed by atoms with Gasteiger partial charge in [-0.25, -0.2) is 0 Å². The third-order valence-corrected chi connectivity index (χ3v) is 3.47. The first-order chi connectivity index (χ1) is 8.38. The maximum absolute atomic E-state index is 8.49. The molecular formula is C14H20N2O. The molecule has 3 nitrogen and oxygen atoms in total. The second kappa shape index (κ2) is 6.40. The topological polar surface area (TPSA) is 35.8 Å². The molecule has 1 fully saturated rings. The third-order valence-electron chi connectivity index (χ3n) is 3.47. The SMILES string of the molecule is ON=CC1CCN(CCc2ccccc2)CC1. The summed E-state index contributed by atoms with van der Waals surface area (Å²) >= 11 is 0. The number of benzene rings is 1. The molecule has 0 aromatic heterocycles. The predicted octanol–water partition coefficient (Wildman–Crippen LogP) is 2.40. The average Bonchev–Trinajstić information content (AvgIpc) is 2.40. The van der Waals surface area contributed by atoms with Gasteiger partial charge < -0.3 is 10.1 Å². The number of hydrogen-bond acceptors (Lipinski definition) is 3. The van der Waals surface area contributed by atoms with Gasteiger partial charge in [-0.05, 0) is 43.8 Å². The highest BCUT2D eigenvalue weighted by Crippen LogP contribution is 2.15. The van der Waals surface area contributed by atoms with Gasteiger partial charge in [0.15, 0.2) is 0 Å². The van der Waals surface area contributed by atoms with E-state index in [-0.39, 0.29) is 0 Å². The molecule has 92 valence electrons. The molecule has 1 saturated heterocycles. The summed E-state index contributed by atoms with van der Waals surface area (Å²) in [6.45, 7) is 3.36. The number of piperidine rings is 1. The Morgan fingerprint density at radius 2 is 1.94 bits per heavy atom. The molecule has 1 aromatic rings. The van der Waals surface area contributed by atoms with Crippen molar-refractivity contribution in [1.82, 2.24) is 4.90 Å². The van der Waals surface area contributed by atoms with Crippen LogP contribution in [0.1, 0.15) is 18.4 Å². The predicted molar refractivity (Wildman–Crippen MR) is 69.6 cm³/mol. The van der Waals surface area contributed by atoms with Crippen molar-refractivity contribution in [3.8, 4) is 0 Å². The summed E-state index contributed by atoms with van der Waals surface area (Å²) in [5.41, 5.74) is 1.41. The van der Waals surface area contributed by atoms with Crippen LogP contribution in [-0.4, -0.2) is 36.0 Å². The summed E-state index contributed by atoms with van der Waals surface area (Å²) in [6, 6.07) is 10.6. The number of nitrogens with zero attached hydrogens (tertiary/aromatic N) is 2. The second-order valence-corrected chi connectivity index (χ2v) is 4.68. The molecular weight excluding hydrogens is 212 g/mol. The highest BCUT2D eigenvalue weighted by molar-refractivity contribution is 5.59. The standard InChI is InChI=1S/C14H20N2O/c17-15-12-14-7-10-16(11-8-14)9-6-13-4-2-1-3-5-13/h1-5,12,14,17H,6-11H2. The van der Waals surface area contributed by atoms with Gasteiger partial charge in [0, 0.05) is 12.8 Å². The smallest absolute Gasteiger partial charge is 0.0467 e. The summed E-state index contributed by atoms with van der Waals surface area (Å²) in [4.78, 5) is 2.49. The van der Waals surface area contributed by atoms with Crippen molar-refractivity contribution in [2.45, 2.75) is 19.3 Å². The zero-order chi connectivity index (χ0) is 11.9. The fraction of sp³-hybridized carbons (Fsp3) is 0.500. The molecule has 0 unspecified atom stereocenters. The fourth-order valence-electron chi connectivity index (χ4n) is 2.35. The first-order valence-electron chi connectivity index (χ1n) is 6.32. The number of hydrogen-bond donors (Lipinski definition) is 1. The van der Waals surface area contributed by atoms with Crippen molar-refractivity contribution >= 4 is 6.21 Å². The molecule has 2 rings (SSSR count). The largest absolute Gasteiger partial charge is 0.411 e. The Kier molecular flexibility index (Phi) is 4.56. The molecule has 0 aliphatic carbocycles. The molecule has 1 heterocycles. The first kappa shape index (κ1) is 12.1. The van der Waals surface area contributed by atoms with Crippen LogP contribution in [0.3, 0.4) is 0 Å². The monoisotopic (exact) mass is 232 g/mol. The molecule has 0 spiro atoms. The quantitative estimate of drug-likeness (QED) is 0.491. The first-order valence-corrected chi connectivity index (χ1v) is 6.32. The number of likely N-dealkylation sites (tertiary alicyclic amines) is 1. The van der Waals surface area contributed by atoms with E-state index in [0.29, 0.717) is 5.92 Å². The Hall–Kier alpha value is -1.35. The minimum Gasteiger partial charge on any atom is -0.411 e. The van der Waals surface area contributed by atoms with E-state index in [2.05, 4.69) is 40.4 Å². The van der Waals surface area contributed by atoms with E-state index < -0.39 is 0 Å². The van der Waals surface area contributed by atoms with Gasteiger partial charge in [-0.2, -0.15) is 0 Å². The van der Waals surface area contributed by atoms with Crippen molar-refractivity contribution in [3.05, 3.63) is 35.9 Å². The van der Waals surface area contributed by atoms with Gasteiger partial charge in [-0.1, -0.05) is 30.3 Å². The molecule has 0 saturated carbocycles. The van der Waals surface area contributed by atoms with Crippen molar-refractivity contribution in [2.75, 3.05) is 19.6 Å². The summed E-state index contributed by atoms with van der Waals surface area (Å²) < 4.78 is 0. The molecule has 3 heteroatoms. The molecule has 1 N–H and O–H groups in total. The zero-order valence-electron chi connectivity index (χ0n) is 10.1. The summed E-state index contributed by atoms with van der Waals surface area (Å²) in [5.74, 6) is 0.466. The number of oxime groups is 1. The molecule has 0 atom stereocenters. The maximum atomic E-state index is 8.49. The van der Waals surface area contributed by atoms with Crippen LogP contribution in [0.4, 0.5) is 0 Å². The molecule has 0 amide bonds. The van der Waals surface area contributed by atoms with E-state index in [0.717, 1.165) is 38.9 Å². The number of rotatable bonds is 4. The van der Waals surface area contributed by atoms with Gasteiger partial charge in [-0.3, -0.25) is 0 Å². The summed E-state index contributed by atoms with van der Waals surface area (Å²) in [5, 5.41) is 11.6. The average molecular weight is 232 g/mol. The minimum atomic E-state index is 0.466. The van der Waals surface area contributed by atoms with Gasteiger partial charge >= 0.3 is 0 Å². The van der Waals surface area contributed by atoms with E-state index in [1.54, 1.807) is 6.21 Å². The molecule has 0 bridgehead atoms. The lowest BCUT2D eigenvalue weighted by atomic mass is 9.98. The minimum absolute atomic E-state index is 0.466. The van der Waals surface area contributed by atoms with E-state index >= 15 is 0 Å². The Morgan fingerprint density at radius 1 is 1.24 bits per heavy atom. The van der Waals surface area contributed by atoms with Crippen molar-refractivity contribution in [1.29, 1.82) is 0 Å². The van der Waals surface area contributed by atoms with Crippen LogP contribution in [-0.2, 0) is 6.42 Å². The lowest BCUT2D eigenvalue weighted by Crippen LogP contribution is -2.35. The van der Waals surface area contributed by atoms with E-state index in [1.807, 2.05) is 0 Å². The zero-order valence-corrected chi connectivity index (χ0v) is 10.1. The van der Waals surface area contributed by atoms with E-state index in [4.69, 9.17) is 5.21 Å². The van der Waals surface area contributed by atoms with Crippen LogP contribution < -0.4 is 0 Å². The molecule has 1 aliphatic rings. The molecule has 17 heavy (non-hydrogen) atoms. The third kappa shape index (κ3) is 3.86. The van der Waals surface area contributed by atoms with Crippen LogP contribution in [0.25, 0.3) is 0 Å². The highest BCUT2D eigenvalue weighted by atomic mass is 16.4. The maximum Gasteiger partial charge on any atom is 0.0467 e. The van der Waals surface area contributed by atoms with Crippen LogP contribution in [0.15, 0.2) is 35.5 Å². The van der Waals surface area contributed by atoms with Crippen molar-refractivity contribution < 1.29 is 5.21 Å². The molecule has 0 radical (unpaired) electrons. The van der Waals surface area contributed by atoms with Gasteiger partial charge in [0.25, 0.3) is 0 Å². The van der Waals surface area contributed by atoms with Crippen LogP contribution >= 0.6 is 0 Å². The Morgan fingerprint density at radius 3 is 2.59 bits per heavy atom. The van der Waals surface area contributed by atoms with Gasteiger partial charge in [0.1, 0.15) is 0 Å².